The van der Waals surface area contributed by atoms with Crippen LogP contribution in [0.3, 0.4) is 0 Å². The van der Waals surface area contributed by atoms with Gasteiger partial charge < -0.3 is 0 Å². The first kappa shape index (κ1) is 7.45. The zero-order valence-electron chi connectivity index (χ0n) is 5.33. The molecule has 0 spiro atoms. The molecule has 0 radical (unpaired) electrons. The van der Waals surface area contributed by atoms with Crippen LogP contribution in [0.4, 0.5) is 0 Å². The summed E-state index contributed by atoms with van der Waals surface area (Å²) < 4.78 is 11.5. The average molecular weight is 171 g/mol. The van der Waals surface area contributed by atoms with Gasteiger partial charge in [-0.25, -0.2) is 0 Å². The summed E-state index contributed by atoms with van der Waals surface area (Å²) in [5.41, 5.74) is 0.533. The molecule has 0 bridgehead atoms. The normalized spacial score (nSPS) is 12.4. The summed E-state index contributed by atoms with van der Waals surface area (Å²) in [4.78, 5) is 0. The molecular formula is C6H5NOS2. The minimum atomic E-state index is -1.01. The van der Waals surface area contributed by atoms with E-state index in [2.05, 4.69) is 0 Å². The molecule has 0 aliphatic rings. The first-order chi connectivity index (χ1) is 4.75. The quantitative estimate of drug-likeness (QED) is 0.640. The first-order valence-electron chi connectivity index (χ1n) is 2.56. The predicted molar refractivity (Wildman–Crippen MR) is 41.4 cm³/mol. The van der Waals surface area contributed by atoms with Gasteiger partial charge >= 0.3 is 0 Å². The minimum Gasteiger partial charge on any atom is -0.254 e. The van der Waals surface area contributed by atoms with Crippen molar-refractivity contribution >= 4 is 22.1 Å². The van der Waals surface area contributed by atoms with E-state index in [0.717, 1.165) is 0 Å². The smallest absolute Gasteiger partial charge is 0.109 e. The van der Waals surface area contributed by atoms with E-state index in [9.17, 15) is 4.21 Å². The van der Waals surface area contributed by atoms with E-state index < -0.39 is 10.8 Å². The van der Waals surface area contributed by atoms with E-state index >= 15 is 0 Å². The Kier molecular flexibility index (Phi) is 2.20. The highest BCUT2D eigenvalue weighted by molar-refractivity contribution is 7.86. The second-order valence-corrected chi connectivity index (χ2v) is 4.18. The van der Waals surface area contributed by atoms with Crippen LogP contribution in [-0.4, -0.2) is 10.5 Å². The fourth-order valence-electron chi connectivity index (χ4n) is 0.601. The lowest BCUT2D eigenvalue weighted by molar-refractivity contribution is 0.688. The highest BCUT2D eigenvalue weighted by Gasteiger charge is 2.05. The monoisotopic (exact) mass is 171 g/mol. The van der Waals surface area contributed by atoms with Crippen molar-refractivity contribution < 1.29 is 4.21 Å². The van der Waals surface area contributed by atoms with Gasteiger partial charge in [-0.2, -0.15) is 5.26 Å². The van der Waals surface area contributed by atoms with Crippen LogP contribution < -0.4 is 0 Å². The van der Waals surface area contributed by atoms with E-state index in [1.54, 1.807) is 17.7 Å². The van der Waals surface area contributed by atoms with E-state index in [-0.39, 0.29) is 0 Å². The number of hydrogen-bond donors (Lipinski definition) is 0. The molecule has 0 N–H and O–H groups in total. The zero-order valence-corrected chi connectivity index (χ0v) is 6.96. The summed E-state index contributed by atoms with van der Waals surface area (Å²) in [6, 6.07) is 3.66. The third kappa shape index (κ3) is 1.25. The van der Waals surface area contributed by atoms with Crippen molar-refractivity contribution in [3.05, 3.63) is 17.0 Å². The van der Waals surface area contributed by atoms with Gasteiger partial charge in [0.1, 0.15) is 10.3 Å². The van der Waals surface area contributed by atoms with Crippen molar-refractivity contribution in [3.8, 4) is 6.07 Å². The van der Waals surface area contributed by atoms with E-state index in [0.29, 0.717) is 9.77 Å². The van der Waals surface area contributed by atoms with Crippen LogP contribution >= 0.6 is 11.3 Å². The Morgan fingerprint density at radius 3 is 2.90 bits per heavy atom. The van der Waals surface area contributed by atoms with Crippen molar-refractivity contribution in [1.82, 2.24) is 0 Å². The van der Waals surface area contributed by atoms with Crippen LogP contribution in [0.25, 0.3) is 0 Å². The van der Waals surface area contributed by atoms with Gasteiger partial charge in [-0.3, -0.25) is 4.21 Å². The summed E-state index contributed by atoms with van der Waals surface area (Å²) >= 11 is 1.36. The standard InChI is InChI=1S/C6H5NOS2/c1-10(8)6-5(4-7)2-3-9-6/h2-3H,1H3. The van der Waals surface area contributed by atoms with Gasteiger partial charge in [-0.1, -0.05) is 0 Å². The summed E-state index contributed by atoms with van der Waals surface area (Å²) in [6.07, 6.45) is 1.58. The maximum absolute atomic E-state index is 10.9. The molecular weight excluding hydrogens is 166 g/mol. The highest BCUT2D eigenvalue weighted by atomic mass is 32.2. The Balaban J connectivity index is 3.17. The molecule has 0 aromatic carbocycles. The summed E-state index contributed by atoms with van der Waals surface area (Å²) in [5, 5.41) is 10.3. The molecule has 0 aliphatic carbocycles. The van der Waals surface area contributed by atoms with Crippen molar-refractivity contribution in [3.63, 3.8) is 0 Å². The van der Waals surface area contributed by atoms with Crippen LogP contribution in [0, 0.1) is 11.3 Å². The molecule has 0 fully saturated rings. The third-order valence-electron chi connectivity index (χ3n) is 1.01. The van der Waals surface area contributed by atoms with Gasteiger partial charge in [-0.05, 0) is 11.4 Å². The first-order valence-corrected chi connectivity index (χ1v) is 5.00. The molecule has 0 aliphatic heterocycles. The van der Waals surface area contributed by atoms with Gasteiger partial charge in [0.2, 0.25) is 0 Å². The third-order valence-corrected chi connectivity index (χ3v) is 3.45. The van der Waals surface area contributed by atoms with Crippen LogP contribution in [0.2, 0.25) is 0 Å². The highest BCUT2D eigenvalue weighted by Crippen LogP contribution is 2.18. The molecule has 1 unspecified atom stereocenters. The van der Waals surface area contributed by atoms with E-state index in [1.165, 1.54) is 11.3 Å². The second-order valence-electron chi connectivity index (χ2n) is 1.69. The predicted octanol–water partition coefficient (Wildman–Crippen LogP) is 1.36. The SMILES string of the molecule is CS(=O)c1sccc1C#N. The number of nitriles is 1. The number of hydrogen-bond acceptors (Lipinski definition) is 3. The maximum Gasteiger partial charge on any atom is 0.109 e. The van der Waals surface area contributed by atoms with Crippen molar-refractivity contribution in [2.24, 2.45) is 0 Å². The molecule has 0 saturated carbocycles. The van der Waals surface area contributed by atoms with Gasteiger partial charge in [0.25, 0.3) is 0 Å². The van der Waals surface area contributed by atoms with Crippen LogP contribution in [0.15, 0.2) is 15.7 Å². The molecule has 1 aromatic rings. The summed E-state index contributed by atoms with van der Waals surface area (Å²) in [5.74, 6) is 0. The summed E-state index contributed by atoms with van der Waals surface area (Å²) in [7, 11) is -1.01. The molecule has 1 rings (SSSR count). The van der Waals surface area contributed by atoms with Gasteiger partial charge in [-0.15, -0.1) is 11.3 Å². The van der Waals surface area contributed by atoms with Crippen molar-refractivity contribution in [1.29, 1.82) is 5.26 Å². The van der Waals surface area contributed by atoms with Crippen molar-refractivity contribution in [2.45, 2.75) is 4.21 Å². The number of nitrogens with zero attached hydrogens (tertiary/aromatic N) is 1. The number of thiophene rings is 1. The Morgan fingerprint density at radius 2 is 2.50 bits per heavy atom. The van der Waals surface area contributed by atoms with Gasteiger partial charge in [0.15, 0.2) is 0 Å². The Hall–Kier alpha value is -0.660. The topological polar surface area (TPSA) is 40.9 Å². The lowest BCUT2D eigenvalue weighted by Gasteiger charge is -1.86. The molecule has 1 atom stereocenters. The molecule has 10 heavy (non-hydrogen) atoms. The molecule has 0 amide bonds. The Morgan fingerprint density at radius 1 is 1.80 bits per heavy atom. The van der Waals surface area contributed by atoms with E-state index in [1.807, 2.05) is 6.07 Å². The van der Waals surface area contributed by atoms with Crippen LogP contribution in [0.1, 0.15) is 5.56 Å². The zero-order chi connectivity index (χ0) is 7.56. The Bertz CT molecular complexity index is 297. The van der Waals surface area contributed by atoms with Crippen LogP contribution in [0.5, 0.6) is 0 Å². The molecule has 1 aromatic heterocycles. The molecule has 2 nitrogen and oxygen atoms in total. The van der Waals surface area contributed by atoms with Gasteiger partial charge in [0.05, 0.1) is 16.4 Å². The lowest BCUT2D eigenvalue weighted by Crippen LogP contribution is -1.84. The fourth-order valence-corrected chi connectivity index (χ4v) is 2.30. The molecule has 0 saturated heterocycles. The second kappa shape index (κ2) is 2.95. The molecule has 52 valence electrons. The van der Waals surface area contributed by atoms with Gasteiger partial charge in [0, 0.05) is 6.26 Å². The van der Waals surface area contributed by atoms with Crippen LogP contribution in [-0.2, 0) is 10.8 Å². The average Bonchev–Trinajstić information content (AvgIpc) is 2.33. The Labute approximate surface area is 65.6 Å². The maximum atomic E-state index is 10.9. The lowest BCUT2D eigenvalue weighted by atomic mass is 10.4. The largest absolute Gasteiger partial charge is 0.254 e. The summed E-state index contributed by atoms with van der Waals surface area (Å²) in [6.45, 7) is 0. The van der Waals surface area contributed by atoms with E-state index in [4.69, 9.17) is 5.26 Å². The number of rotatable bonds is 1. The molecule has 4 heteroatoms. The minimum absolute atomic E-state index is 0.533. The fraction of sp³-hybridized carbons (Fsp3) is 0.167. The van der Waals surface area contributed by atoms with Crippen molar-refractivity contribution in [2.75, 3.05) is 6.26 Å². The molecule has 1 heterocycles.